The van der Waals surface area contributed by atoms with Gasteiger partial charge in [0.15, 0.2) is 0 Å². The lowest BCUT2D eigenvalue weighted by molar-refractivity contribution is -0.139. The molecule has 3 rings (SSSR count). The lowest BCUT2D eigenvalue weighted by Crippen LogP contribution is -2.49. The number of primary amides is 1. The Morgan fingerprint density at radius 1 is 1.00 bits per heavy atom. The van der Waals surface area contributed by atoms with Gasteiger partial charge in [-0.25, -0.2) is 9.59 Å². The van der Waals surface area contributed by atoms with Crippen LogP contribution >= 0.6 is 0 Å². The predicted molar refractivity (Wildman–Crippen MR) is 168 cm³/mol. The molecule has 0 aromatic heterocycles. The first-order valence-electron chi connectivity index (χ1n) is 15.6. The van der Waals surface area contributed by atoms with Crippen molar-refractivity contribution in [2.45, 2.75) is 91.3 Å². The highest BCUT2D eigenvalue weighted by Gasteiger charge is 2.38. The number of piperidine rings is 1. The number of alkyl carbamates (subject to hydrolysis) is 1. The highest BCUT2D eigenvalue weighted by atomic mass is 16.6. The molecule has 2 heterocycles. The van der Waals surface area contributed by atoms with E-state index < -0.39 is 35.6 Å². The summed E-state index contributed by atoms with van der Waals surface area (Å²) in [5.41, 5.74) is 11.2. The molecule has 2 aliphatic heterocycles. The fraction of sp³-hybridized carbons (Fsp3) is 0.656. The molecule has 0 saturated carbocycles. The van der Waals surface area contributed by atoms with Crippen molar-refractivity contribution in [3.8, 4) is 5.75 Å². The molecule has 0 bridgehead atoms. The van der Waals surface area contributed by atoms with Crippen LogP contribution in [0.4, 0.5) is 9.59 Å². The van der Waals surface area contributed by atoms with E-state index in [1.807, 2.05) is 13.8 Å². The Balaban J connectivity index is 1.56. The van der Waals surface area contributed by atoms with E-state index >= 15 is 0 Å². The van der Waals surface area contributed by atoms with E-state index in [4.69, 9.17) is 20.9 Å². The molecule has 2 fully saturated rings. The second kappa shape index (κ2) is 15.3. The van der Waals surface area contributed by atoms with Gasteiger partial charge >= 0.3 is 12.1 Å². The zero-order valence-corrected chi connectivity index (χ0v) is 27.0. The summed E-state index contributed by atoms with van der Waals surface area (Å²) < 4.78 is 11.4. The molecule has 0 unspecified atom stereocenters. The number of carbonyl (C=O) groups excluding carboxylic acids is 4. The number of rotatable bonds is 10. The van der Waals surface area contributed by atoms with Crippen LogP contribution in [-0.4, -0.2) is 77.5 Å². The van der Waals surface area contributed by atoms with Crippen molar-refractivity contribution in [1.29, 1.82) is 0 Å². The number of nitrogens with one attached hydrogen (secondary N) is 1. The number of ether oxygens (including phenoxy) is 2. The minimum absolute atomic E-state index is 0.0384. The van der Waals surface area contributed by atoms with Gasteiger partial charge < -0.3 is 36.1 Å². The summed E-state index contributed by atoms with van der Waals surface area (Å²) in [6.45, 7) is 13.5. The van der Waals surface area contributed by atoms with Crippen LogP contribution in [-0.2, 0) is 14.3 Å². The molecule has 44 heavy (non-hydrogen) atoms. The molecule has 0 radical (unpaired) electrons. The number of amidine groups is 1. The van der Waals surface area contributed by atoms with Gasteiger partial charge in [0.05, 0.1) is 6.61 Å². The lowest BCUT2D eigenvalue weighted by atomic mass is 9.84. The van der Waals surface area contributed by atoms with Gasteiger partial charge in [0.2, 0.25) is 5.91 Å². The minimum atomic E-state index is -1.05. The second-order valence-electron chi connectivity index (χ2n) is 13.2. The Labute approximate surface area is 260 Å². The second-order valence-corrected chi connectivity index (χ2v) is 13.2. The average Bonchev–Trinajstić information content (AvgIpc) is 3.46. The zero-order valence-electron chi connectivity index (χ0n) is 27.0. The maximum Gasteiger partial charge on any atom is 0.408 e. The van der Waals surface area contributed by atoms with Gasteiger partial charge in [-0.1, -0.05) is 32.9 Å². The van der Waals surface area contributed by atoms with Crippen LogP contribution in [0.15, 0.2) is 29.3 Å². The van der Waals surface area contributed by atoms with Crippen molar-refractivity contribution < 1.29 is 28.7 Å². The van der Waals surface area contributed by atoms with E-state index in [2.05, 4.69) is 17.2 Å². The number of urea groups is 1. The molecule has 1 aromatic rings. The predicted octanol–water partition coefficient (Wildman–Crippen LogP) is 3.98. The van der Waals surface area contributed by atoms with Gasteiger partial charge in [0.1, 0.15) is 29.3 Å². The van der Waals surface area contributed by atoms with Crippen molar-refractivity contribution in [3.63, 3.8) is 0 Å². The molecule has 3 atom stereocenters. The van der Waals surface area contributed by atoms with Crippen molar-refractivity contribution >= 4 is 29.8 Å². The van der Waals surface area contributed by atoms with Crippen LogP contribution in [0.25, 0.3) is 0 Å². The van der Waals surface area contributed by atoms with Gasteiger partial charge in [0, 0.05) is 25.6 Å². The number of likely N-dealkylation sites (tertiary alicyclic amines) is 2. The Hall–Kier alpha value is -3.83. The van der Waals surface area contributed by atoms with Crippen molar-refractivity contribution in [2.75, 3.05) is 26.2 Å². The largest absolute Gasteiger partial charge is 0.494 e. The van der Waals surface area contributed by atoms with Crippen molar-refractivity contribution in [2.24, 2.45) is 34.2 Å². The molecule has 2 saturated heterocycles. The third-order valence-electron chi connectivity index (χ3n) is 8.26. The van der Waals surface area contributed by atoms with E-state index in [9.17, 15) is 19.2 Å². The van der Waals surface area contributed by atoms with Gasteiger partial charge in [-0.05, 0) is 82.4 Å². The van der Waals surface area contributed by atoms with Gasteiger partial charge in [-0.15, -0.1) is 0 Å². The van der Waals surface area contributed by atoms with Crippen LogP contribution in [0.1, 0.15) is 85.3 Å². The number of benzene rings is 1. The molecule has 1 aromatic carbocycles. The van der Waals surface area contributed by atoms with Crippen molar-refractivity contribution in [1.82, 2.24) is 15.1 Å². The smallest absolute Gasteiger partial charge is 0.408 e. The maximum absolute atomic E-state index is 13.6. The summed E-state index contributed by atoms with van der Waals surface area (Å²) >= 11 is 0. The summed E-state index contributed by atoms with van der Waals surface area (Å²) in [5.74, 6) is 0.956. The average molecular weight is 615 g/mol. The van der Waals surface area contributed by atoms with E-state index in [1.54, 1.807) is 49.9 Å². The number of aliphatic imine (C=N–C) groups is 1. The molecule has 5 N–H and O–H groups in total. The highest BCUT2D eigenvalue weighted by molar-refractivity contribution is 5.94. The zero-order chi connectivity index (χ0) is 32.6. The van der Waals surface area contributed by atoms with E-state index in [0.717, 1.165) is 19.3 Å². The summed E-state index contributed by atoms with van der Waals surface area (Å²) in [4.78, 5) is 57.8. The van der Waals surface area contributed by atoms with Gasteiger partial charge in [0.25, 0.3) is 5.91 Å². The number of nitrogens with zero attached hydrogens (tertiary/aromatic N) is 3. The lowest BCUT2D eigenvalue weighted by Gasteiger charge is -2.34. The highest BCUT2D eigenvalue weighted by Crippen LogP contribution is 2.29. The van der Waals surface area contributed by atoms with Crippen LogP contribution in [0.3, 0.4) is 0 Å². The number of carbonyl (C=O) groups is 4. The first-order chi connectivity index (χ1) is 20.7. The molecule has 0 spiro atoms. The first kappa shape index (κ1) is 34.7. The molecular formula is C32H50N6O6. The first-order valence-corrected chi connectivity index (χ1v) is 15.6. The number of nitrogens with two attached hydrogens (primary N) is 2. The fourth-order valence-electron chi connectivity index (χ4n) is 5.53. The quantitative estimate of drug-likeness (QED) is 0.264. The molecule has 12 nitrogen and oxygen atoms in total. The monoisotopic (exact) mass is 614 g/mol. The van der Waals surface area contributed by atoms with Crippen LogP contribution in [0.5, 0.6) is 5.75 Å². The van der Waals surface area contributed by atoms with Crippen LogP contribution in [0, 0.1) is 17.8 Å². The number of amides is 5. The number of hydrogen-bond acceptors (Lipinski definition) is 6. The normalized spacial score (nSPS) is 19.4. The molecule has 12 heteroatoms. The third-order valence-corrected chi connectivity index (χ3v) is 8.26. The van der Waals surface area contributed by atoms with Gasteiger partial charge in [-0.2, -0.15) is 4.99 Å². The topological polar surface area (TPSA) is 170 Å². The molecular weight excluding hydrogens is 564 g/mol. The van der Waals surface area contributed by atoms with E-state index in [0.29, 0.717) is 68.1 Å². The summed E-state index contributed by atoms with van der Waals surface area (Å²) in [5, 5.41) is 2.68. The number of hydrogen-bond donors (Lipinski definition) is 3. The van der Waals surface area contributed by atoms with Gasteiger partial charge in [-0.3, -0.25) is 9.59 Å². The van der Waals surface area contributed by atoms with Crippen LogP contribution < -0.4 is 21.5 Å². The fourth-order valence-corrected chi connectivity index (χ4v) is 5.53. The Morgan fingerprint density at radius 2 is 1.64 bits per heavy atom. The summed E-state index contributed by atoms with van der Waals surface area (Å²) in [6, 6.07) is 4.97. The van der Waals surface area contributed by atoms with Crippen LogP contribution in [0.2, 0.25) is 0 Å². The Kier molecular flexibility index (Phi) is 12.0. The SMILES string of the molecule is CC(C)/C(N)=N/C(=O)N1CCC([C@H](C)CCOc2ccc([C@H](NC(=O)OC(C)(C)C)C(=O)N3CCC[C@H]3C(N)=O)cc2)CC1. The summed E-state index contributed by atoms with van der Waals surface area (Å²) in [6.07, 6.45) is 3.08. The Morgan fingerprint density at radius 3 is 2.20 bits per heavy atom. The van der Waals surface area contributed by atoms with Crippen molar-refractivity contribution in [3.05, 3.63) is 29.8 Å². The minimum Gasteiger partial charge on any atom is -0.494 e. The third kappa shape index (κ3) is 9.85. The summed E-state index contributed by atoms with van der Waals surface area (Å²) in [7, 11) is 0. The van der Waals surface area contributed by atoms with E-state index in [1.165, 1.54) is 4.90 Å². The molecule has 2 aliphatic rings. The molecule has 0 aliphatic carbocycles. The Bertz CT molecular complexity index is 1190. The van der Waals surface area contributed by atoms with E-state index in [-0.39, 0.29) is 11.9 Å². The maximum atomic E-state index is 13.6. The standard InChI is InChI=1S/C32H50N6O6/c1-20(2)27(33)36-30(41)37-17-13-22(14-18-37)21(3)15-19-43-24-11-9-23(10-12-24)26(35-31(42)44-32(4,5)6)29(40)38-16-7-8-25(38)28(34)39/h9-12,20-22,25-26H,7-8,13-19H2,1-6H3,(H2,34,39)(H,35,42)(H2,33,36,41)/t21-,25+,26+/m1/s1. The molecule has 5 amide bonds. The molecule has 244 valence electrons.